The normalized spacial score (nSPS) is 10.4. The van der Waals surface area contributed by atoms with Crippen molar-refractivity contribution in [2.75, 3.05) is 0 Å². The molecule has 94 valence electrons. The first-order chi connectivity index (χ1) is 8.60. The number of hydrogen-bond donors (Lipinski definition) is 1. The predicted octanol–water partition coefficient (Wildman–Crippen LogP) is 3.98. The summed E-state index contributed by atoms with van der Waals surface area (Å²) in [6.45, 7) is 0.250. The second-order valence-electron chi connectivity index (χ2n) is 3.63. The maximum absolute atomic E-state index is 13.5. The molecule has 0 heterocycles. The zero-order valence-corrected chi connectivity index (χ0v) is 10.9. The molecule has 0 saturated heterocycles. The van der Waals surface area contributed by atoms with Gasteiger partial charge in [-0.25, -0.2) is 8.78 Å². The summed E-state index contributed by atoms with van der Waals surface area (Å²) in [6, 6.07) is 8.27. The van der Waals surface area contributed by atoms with Crippen LogP contribution in [0.5, 0.6) is 11.5 Å². The molecule has 2 aromatic rings. The van der Waals surface area contributed by atoms with E-state index >= 15 is 0 Å². The molecule has 0 bridgehead atoms. The Kier molecular flexibility index (Phi) is 3.93. The summed E-state index contributed by atoms with van der Waals surface area (Å²) in [5.74, 6) is -0.950. The van der Waals surface area contributed by atoms with Gasteiger partial charge in [-0.1, -0.05) is 22.0 Å². The van der Waals surface area contributed by atoms with E-state index in [4.69, 9.17) is 10.5 Å². The lowest BCUT2D eigenvalue weighted by Crippen LogP contribution is -2.00. The Morgan fingerprint density at radius 3 is 2.56 bits per heavy atom. The highest BCUT2D eigenvalue weighted by Gasteiger charge is 2.09. The average molecular weight is 314 g/mol. The van der Waals surface area contributed by atoms with E-state index < -0.39 is 11.6 Å². The summed E-state index contributed by atoms with van der Waals surface area (Å²) >= 11 is 3.28. The Morgan fingerprint density at radius 2 is 1.83 bits per heavy atom. The number of hydrogen-bond acceptors (Lipinski definition) is 2. The Hall–Kier alpha value is -1.46. The molecule has 0 amide bonds. The summed E-state index contributed by atoms with van der Waals surface area (Å²) in [5, 5.41) is 0. The van der Waals surface area contributed by atoms with Crippen LogP contribution in [0.3, 0.4) is 0 Å². The molecule has 18 heavy (non-hydrogen) atoms. The molecule has 0 radical (unpaired) electrons. The fourth-order valence-corrected chi connectivity index (χ4v) is 1.81. The van der Waals surface area contributed by atoms with Gasteiger partial charge >= 0.3 is 0 Å². The van der Waals surface area contributed by atoms with Crippen molar-refractivity contribution in [3.63, 3.8) is 0 Å². The van der Waals surface area contributed by atoms with E-state index in [2.05, 4.69) is 15.9 Å². The van der Waals surface area contributed by atoms with Gasteiger partial charge in [0.05, 0.1) is 0 Å². The van der Waals surface area contributed by atoms with Crippen molar-refractivity contribution in [1.82, 2.24) is 0 Å². The average Bonchev–Trinajstić information content (AvgIpc) is 2.34. The van der Waals surface area contributed by atoms with Crippen LogP contribution in [0.2, 0.25) is 0 Å². The summed E-state index contributed by atoms with van der Waals surface area (Å²) in [7, 11) is 0. The van der Waals surface area contributed by atoms with Gasteiger partial charge in [-0.3, -0.25) is 0 Å². The van der Waals surface area contributed by atoms with Gasteiger partial charge < -0.3 is 10.5 Å². The van der Waals surface area contributed by atoms with Gasteiger partial charge in [0, 0.05) is 22.6 Å². The third kappa shape index (κ3) is 2.86. The molecule has 0 fully saturated rings. The van der Waals surface area contributed by atoms with Crippen LogP contribution in [0.4, 0.5) is 8.78 Å². The smallest absolute Gasteiger partial charge is 0.165 e. The lowest BCUT2D eigenvalue weighted by Gasteiger charge is -2.11. The van der Waals surface area contributed by atoms with Crippen molar-refractivity contribution < 1.29 is 13.5 Å². The molecule has 0 spiro atoms. The Bertz CT molecular complexity index is 575. The van der Waals surface area contributed by atoms with Crippen molar-refractivity contribution in [3.8, 4) is 11.5 Å². The number of ether oxygens (including phenoxy) is 1. The van der Waals surface area contributed by atoms with Crippen LogP contribution < -0.4 is 10.5 Å². The molecule has 5 heteroatoms. The number of halogens is 3. The van der Waals surface area contributed by atoms with Gasteiger partial charge in [-0.2, -0.15) is 0 Å². The third-order valence-electron chi connectivity index (χ3n) is 2.36. The standard InChI is InChI=1S/C13H10BrF2NO/c14-9-2-1-8(7-17)12(5-9)18-13-6-10(15)3-4-11(13)16/h1-6H,7,17H2. The molecule has 2 N–H and O–H groups in total. The molecule has 0 aliphatic rings. The van der Waals surface area contributed by atoms with Crippen LogP contribution in [-0.4, -0.2) is 0 Å². The van der Waals surface area contributed by atoms with E-state index in [0.29, 0.717) is 11.3 Å². The topological polar surface area (TPSA) is 35.2 Å². The van der Waals surface area contributed by atoms with E-state index in [-0.39, 0.29) is 12.3 Å². The van der Waals surface area contributed by atoms with Crippen LogP contribution >= 0.6 is 15.9 Å². The van der Waals surface area contributed by atoms with Gasteiger partial charge in [-0.15, -0.1) is 0 Å². The van der Waals surface area contributed by atoms with Crippen molar-refractivity contribution in [1.29, 1.82) is 0 Å². The Balaban J connectivity index is 2.38. The van der Waals surface area contributed by atoms with Gasteiger partial charge in [0.25, 0.3) is 0 Å². The molecule has 0 aliphatic heterocycles. The van der Waals surface area contributed by atoms with Crippen LogP contribution in [0.25, 0.3) is 0 Å². The summed E-state index contributed by atoms with van der Waals surface area (Å²) in [5.41, 5.74) is 6.27. The van der Waals surface area contributed by atoms with E-state index in [1.54, 1.807) is 18.2 Å². The molecule has 0 saturated carbocycles. The lowest BCUT2D eigenvalue weighted by atomic mass is 10.2. The fourth-order valence-electron chi connectivity index (χ4n) is 1.47. The van der Waals surface area contributed by atoms with Crippen LogP contribution in [0.1, 0.15) is 5.56 Å². The molecular weight excluding hydrogens is 304 g/mol. The minimum Gasteiger partial charge on any atom is -0.454 e. The van der Waals surface area contributed by atoms with E-state index in [1.807, 2.05) is 0 Å². The predicted molar refractivity (Wildman–Crippen MR) is 68.5 cm³/mol. The summed E-state index contributed by atoms with van der Waals surface area (Å²) in [6.07, 6.45) is 0. The largest absolute Gasteiger partial charge is 0.454 e. The molecule has 2 nitrogen and oxygen atoms in total. The highest BCUT2D eigenvalue weighted by Crippen LogP contribution is 2.30. The highest BCUT2D eigenvalue weighted by atomic mass is 79.9. The minimum atomic E-state index is -0.626. The molecule has 0 atom stereocenters. The summed E-state index contributed by atoms with van der Waals surface area (Å²) in [4.78, 5) is 0. The molecule has 0 aromatic heterocycles. The van der Waals surface area contributed by atoms with E-state index in [1.165, 1.54) is 0 Å². The second-order valence-corrected chi connectivity index (χ2v) is 4.55. The first-order valence-corrected chi connectivity index (χ1v) is 6.01. The van der Waals surface area contributed by atoms with Gasteiger partial charge in [0.15, 0.2) is 11.6 Å². The highest BCUT2D eigenvalue weighted by molar-refractivity contribution is 9.10. The van der Waals surface area contributed by atoms with Gasteiger partial charge in [-0.05, 0) is 24.3 Å². The SMILES string of the molecule is NCc1ccc(Br)cc1Oc1cc(F)ccc1F. The number of benzene rings is 2. The van der Waals surface area contributed by atoms with Crippen LogP contribution in [0.15, 0.2) is 40.9 Å². The van der Waals surface area contributed by atoms with Crippen molar-refractivity contribution in [3.05, 3.63) is 58.1 Å². The number of rotatable bonds is 3. The first kappa shape index (κ1) is 13.0. The van der Waals surface area contributed by atoms with E-state index in [9.17, 15) is 8.78 Å². The Labute approximate surface area is 112 Å². The summed E-state index contributed by atoms with van der Waals surface area (Å²) < 4.78 is 32.6. The lowest BCUT2D eigenvalue weighted by molar-refractivity contribution is 0.432. The van der Waals surface area contributed by atoms with Crippen molar-refractivity contribution >= 4 is 15.9 Å². The minimum absolute atomic E-state index is 0.164. The third-order valence-corrected chi connectivity index (χ3v) is 2.86. The number of nitrogens with two attached hydrogens (primary N) is 1. The zero-order chi connectivity index (χ0) is 13.1. The second kappa shape index (κ2) is 5.46. The van der Waals surface area contributed by atoms with E-state index in [0.717, 1.165) is 22.7 Å². The molecule has 2 rings (SSSR count). The maximum atomic E-state index is 13.5. The maximum Gasteiger partial charge on any atom is 0.165 e. The Morgan fingerprint density at radius 1 is 1.06 bits per heavy atom. The fraction of sp³-hybridized carbons (Fsp3) is 0.0769. The van der Waals surface area contributed by atoms with Gasteiger partial charge in [0.1, 0.15) is 11.6 Å². The van der Waals surface area contributed by atoms with Crippen molar-refractivity contribution in [2.45, 2.75) is 6.54 Å². The zero-order valence-electron chi connectivity index (χ0n) is 9.29. The van der Waals surface area contributed by atoms with Crippen molar-refractivity contribution in [2.24, 2.45) is 5.73 Å². The molecular formula is C13H10BrF2NO. The van der Waals surface area contributed by atoms with Crippen LogP contribution in [-0.2, 0) is 6.54 Å². The first-order valence-electron chi connectivity index (χ1n) is 5.21. The molecule has 0 aliphatic carbocycles. The quantitative estimate of drug-likeness (QED) is 0.930. The molecule has 2 aromatic carbocycles. The molecule has 0 unspecified atom stereocenters. The van der Waals surface area contributed by atoms with Crippen LogP contribution in [0, 0.1) is 11.6 Å². The monoisotopic (exact) mass is 313 g/mol. The van der Waals surface area contributed by atoms with Gasteiger partial charge in [0.2, 0.25) is 0 Å².